The van der Waals surface area contributed by atoms with E-state index in [0.29, 0.717) is 28.6 Å². The first-order chi connectivity index (χ1) is 13.3. The molecule has 8 heteroatoms. The van der Waals surface area contributed by atoms with Gasteiger partial charge in [-0.2, -0.15) is 13.2 Å². The molecule has 1 N–H and O–H groups in total. The molecule has 0 spiro atoms. The van der Waals surface area contributed by atoms with Crippen molar-refractivity contribution in [3.63, 3.8) is 0 Å². The Kier molecular flexibility index (Phi) is 5.99. The number of halogens is 3. The number of carbonyl (C=O) groups is 1. The highest BCUT2D eigenvalue weighted by atomic mass is 32.1. The molecule has 0 bridgehead atoms. The van der Waals surface area contributed by atoms with Gasteiger partial charge in [0.25, 0.3) is 0 Å². The lowest BCUT2D eigenvalue weighted by atomic mass is 10.1. The number of benzene rings is 2. The number of carbonyl (C=O) groups excluding carboxylic acids is 1. The molecule has 0 saturated heterocycles. The Hall–Kier alpha value is -2.87. The molecule has 0 aliphatic carbocycles. The number of alkyl halides is 3. The molecule has 0 unspecified atom stereocenters. The van der Waals surface area contributed by atoms with E-state index in [2.05, 4.69) is 10.3 Å². The first-order valence-corrected chi connectivity index (χ1v) is 9.25. The van der Waals surface area contributed by atoms with Crippen molar-refractivity contribution in [1.82, 2.24) is 10.3 Å². The van der Waals surface area contributed by atoms with E-state index in [1.807, 2.05) is 24.3 Å². The second kappa shape index (κ2) is 8.43. The Balaban J connectivity index is 1.58. The van der Waals surface area contributed by atoms with E-state index in [9.17, 15) is 18.0 Å². The number of hydrogen-bond acceptors (Lipinski definition) is 4. The van der Waals surface area contributed by atoms with Gasteiger partial charge in [0, 0.05) is 17.5 Å². The highest BCUT2D eigenvalue weighted by Gasteiger charge is 2.30. The monoisotopic (exact) mass is 406 g/mol. The second-order valence-corrected chi connectivity index (χ2v) is 6.88. The van der Waals surface area contributed by atoms with Gasteiger partial charge >= 0.3 is 6.18 Å². The third kappa shape index (κ3) is 5.10. The first-order valence-electron chi connectivity index (χ1n) is 8.37. The second-order valence-electron chi connectivity index (χ2n) is 6.02. The van der Waals surface area contributed by atoms with Gasteiger partial charge in [-0.25, -0.2) is 4.98 Å². The van der Waals surface area contributed by atoms with Crippen LogP contribution in [0.25, 0.3) is 10.6 Å². The van der Waals surface area contributed by atoms with Crippen molar-refractivity contribution in [3.8, 4) is 16.3 Å². The number of hydrogen-bond donors (Lipinski definition) is 1. The van der Waals surface area contributed by atoms with E-state index >= 15 is 0 Å². The van der Waals surface area contributed by atoms with Crippen molar-refractivity contribution in [1.29, 1.82) is 0 Å². The lowest BCUT2D eigenvalue weighted by Gasteiger charge is -2.06. The van der Waals surface area contributed by atoms with Gasteiger partial charge in [0.2, 0.25) is 5.91 Å². The van der Waals surface area contributed by atoms with Crippen LogP contribution in [0.4, 0.5) is 13.2 Å². The largest absolute Gasteiger partial charge is 0.497 e. The Bertz CT molecular complexity index is 953. The summed E-state index contributed by atoms with van der Waals surface area (Å²) < 4.78 is 43.1. The minimum atomic E-state index is -4.37. The molecular weight excluding hydrogens is 389 g/mol. The van der Waals surface area contributed by atoms with Crippen LogP contribution in [0.3, 0.4) is 0 Å². The summed E-state index contributed by atoms with van der Waals surface area (Å²) in [6, 6.07) is 12.2. The zero-order chi connectivity index (χ0) is 20.1. The van der Waals surface area contributed by atoms with Crippen LogP contribution in [0.5, 0.6) is 5.75 Å². The van der Waals surface area contributed by atoms with Gasteiger partial charge in [0.05, 0.1) is 24.8 Å². The molecule has 0 aliphatic rings. The predicted molar refractivity (Wildman–Crippen MR) is 101 cm³/mol. The molecule has 4 nitrogen and oxygen atoms in total. The number of aromatic nitrogens is 1. The third-order valence-corrected chi connectivity index (χ3v) is 4.92. The number of nitrogens with one attached hydrogen (secondary N) is 1. The molecule has 1 heterocycles. The zero-order valence-electron chi connectivity index (χ0n) is 14.9. The lowest BCUT2D eigenvalue weighted by Crippen LogP contribution is -2.24. The van der Waals surface area contributed by atoms with Crippen molar-refractivity contribution >= 4 is 17.2 Å². The molecule has 0 radical (unpaired) electrons. The van der Waals surface area contributed by atoms with Crippen molar-refractivity contribution in [2.45, 2.75) is 19.1 Å². The topological polar surface area (TPSA) is 51.2 Å². The summed E-state index contributed by atoms with van der Waals surface area (Å²) >= 11 is 1.29. The maximum Gasteiger partial charge on any atom is 0.416 e. The Morgan fingerprint density at radius 2 is 1.93 bits per heavy atom. The summed E-state index contributed by atoms with van der Waals surface area (Å²) in [4.78, 5) is 16.5. The Labute approximate surface area is 164 Å². The highest BCUT2D eigenvalue weighted by Crippen LogP contribution is 2.31. The van der Waals surface area contributed by atoms with Gasteiger partial charge in [0.15, 0.2) is 0 Å². The van der Waals surface area contributed by atoms with Gasteiger partial charge < -0.3 is 10.1 Å². The molecule has 1 amide bonds. The average molecular weight is 406 g/mol. The summed E-state index contributed by atoms with van der Waals surface area (Å²) in [6.45, 7) is 0.367. The van der Waals surface area contributed by atoms with E-state index in [1.165, 1.54) is 23.5 Å². The van der Waals surface area contributed by atoms with Crippen LogP contribution < -0.4 is 10.1 Å². The lowest BCUT2D eigenvalue weighted by molar-refractivity contribution is -0.137. The molecule has 0 aliphatic heterocycles. The van der Waals surface area contributed by atoms with Crippen LogP contribution in [0.15, 0.2) is 53.9 Å². The summed E-state index contributed by atoms with van der Waals surface area (Å²) in [5.74, 6) is 0.527. The normalized spacial score (nSPS) is 11.3. The molecule has 146 valence electrons. The summed E-state index contributed by atoms with van der Waals surface area (Å²) in [5.41, 5.74) is 1.37. The quantitative estimate of drug-likeness (QED) is 0.646. The van der Waals surface area contributed by atoms with Gasteiger partial charge in [-0.05, 0) is 29.8 Å². The molecule has 1 aromatic heterocycles. The van der Waals surface area contributed by atoms with Crippen LogP contribution in [-0.4, -0.2) is 18.0 Å². The van der Waals surface area contributed by atoms with Gasteiger partial charge in [-0.3, -0.25) is 4.79 Å². The van der Waals surface area contributed by atoms with Gasteiger partial charge in [0.1, 0.15) is 10.8 Å². The summed E-state index contributed by atoms with van der Waals surface area (Å²) in [6.07, 6.45) is -4.27. The molecule has 0 saturated carbocycles. The van der Waals surface area contributed by atoms with E-state index in [-0.39, 0.29) is 12.3 Å². The maximum absolute atomic E-state index is 12.6. The third-order valence-electron chi connectivity index (χ3n) is 3.98. The molecular formula is C20H17F3N2O2S. The smallest absolute Gasteiger partial charge is 0.416 e. The van der Waals surface area contributed by atoms with Crippen LogP contribution in [0.1, 0.15) is 16.8 Å². The average Bonchev–Trinajstić information content (AvgIpc) is 3.14. The number of nitrogens with zero attached hydrogens (tertiary/aromatic N) is 1. The van der Waals surface area contributed by atoms with Gasteiger partial charge in [-0.15, -0.1) is 11.3 Å². The predicted octanol–water partition coefficient (Wildman–Crippen LogP) is 4.70. The van der Waals surface area contributed by atoms with E-state index in [4.69, 9.17) is 4.74 Å². The number of methoxy groups -OCH3 is 1. The molecule has 28 heavy (non-hydrogen) atoms. The fourth-order valence-corrected chi connectivity index (χ4v) is 3.36. The number of amides is 1. The van der Waals surface area contributed by atoms with Gasteiger partial charge in [-0.1, -0.05) is 24.3 Å². The van der Waals surface area contributed by atoms with Crippen LogP contribution in [0, 0.1) is 0 Å². The number of ether oxygens (including phenoxy) is 1. The van der Waals surface area contributed by atoms with E-state index in [1.54, 1.807) is 12.5 Å². The standard InChI is InChI=1S/C20H17F3N2O2S/c1-27-17-4-2-3-13(9-17)11-24-18(26)10-16-12-28-19(25-16)14-5-7-15(8-6-14)20(21,22)23/h2-9,12H,10-11H2,1H3,(H,24,26). The van der Waals surface area contributed by atoms with Crippen molar-refractivity contribution in [2.75, 3.05) is 7.11 Å². The fourth-order valence-electron chi connectivity index (χ4n) is 2.53. The molecule has 3 aromatic rings. The van der Waals surface area contributed by atoms with E-state index in [0.717, 1.165) is 17.7 Å². The van der Waals surface area contributed by atoms with Crippen molar-refractivity contribution in [3.05, 3.63) is 70.7 Å². The molecule has 0 atom stereocenters. The van der Waals surface area contributed by atoms with E-state index < -0.39 is 11.7 Å². The summed E-state index contributed by atoms with van der Waals surface area (Å²) in [5, 5.41) is 5.12. The van der Waals surface area contributed by atoms with Crippen molar-refractivity contribution in [2.24, 2.45) is 0 Å². The molecule has 0 fully saturated rings. The minimum Gasteiger partial charge on any atom is -0.497 e. The molecule has 2 aromatic carbocycles. The highest BCUT2D eigenvalue weighted by molar-refractivity contribution is 7.13. The number of rotatable bonds is 6. The summed E-state index contributed by atoms with van der Waals surface area (Å²) in [7, 11) is 1.58. The van der Waals surface area contributed by atoms with Crippen LogP contribution in [0.2, 0.25) is 0 Å². The molecule has 3 rings (SSSR count). The first kappa shape index (κ1) is 19.9. The zero-order valence-corrected chi connectivity index (χ0v) is 15.7. The fraction of sp³-hybridized carbons (Fsp3) is 0.200. The van der Waals surface area contributed by atoms with Crippen LogP contribution in [-0.2, 0) is 23.9 Å². The maximum atomic E-state index is 12.6. The number of thiazole rings is 1. The van der Waals surface area contributed by atoms with Crippen molar-refractivity contribution < 1.29 is 22.7 Å². The Morgan fingerprint density at radius 3 is 2.61 bits per heavy atom. The minimum absolute atomic E-state index is 0.0983. The van der Waals surface area contributed by atoms with Crippen LogP contribution >= 0.6 is 11.3 Å². The Morgan fingerprint density at radius 1 is 1.18 bits per heavy atom. The SMILES string of the molecule is COc1cccc(CNC(=O)Cc2csc(-c3ccc(C(F)(F)F)cc3)n2)c1.